The molecule has 4 aromatic rings. The summed E-state index contributed by atoms with van der Waals surface area (Å²) in [6.07, 6.45) is 4.02. The lowest BCUT2D eigenvalue weighted by molar-refractivity contribution is 0.0600. The fraction of sp³-hybridized carbons (Fsp3) is 0.238. The minimum Gasteiger partial charge on any atom is -0.465 e. The number of benzene rings is 1. The maximum absolute atomic E-state index is 11.6. The van der Waals surface area contributed by atoms with Crippen LogP contribution in [0.25, 0.3) is 20.9 Å². The number of nitrogens with zero attached hydrogens (tertiary/aromatic N) is 4. The number of thiophene rings is 1. The monoisotopic (exact) mass is 437 g/mol. The molecular weight excluding hydrogens is 418 g/mol. The smallest absolute Gasteiger partial charge is 0.337 e. The molecule has 1 fully saturated rings. The molecule has 9 heteroatoms. The van der Waals surface area contributed by atoms with Crippen LogP contribution in [0, 0.1) is 0 Å². The fourth-order valence-electron chi connectivity index (χ4n) is 3.31. The summed E-state index contributed by atoms with van der Waals surface area (Å²) < 4.78 is 6.97. The van der Waals surface area contributed by atoms with Gasteiger partial charge in [0.25, 0.3) is 0 Å². The van der Waals surface area contributed by atoms with E-state index in [9.17, 15) is 4.79 Å². The number of nitrogen functional groups attached to an aromatic ring is 1. The van der Waals surface area contributed by atoms with Gasteiger partial charge in [-0.25, -0.2) is 9.78 Å². The van der Waals surface area contributed by atoms with Crippen LogP contribution >= 0.6 is 23.1 Å². The Bertz CT molecular complexity index is 1230. The van der Waals surface area contributed by atoms with Gasteiger partial charge in [-0.05, 0) is 42.7 Å². The molecule has 0 atom stereocenters. The lowest BCUT2D eigenvalue weighted by Crippen LogP contribution is -2.01. The van der Waals surface area contributed by atoms with E-state index in [1.54, 1.807) is 41.4 Å². The summed E-state index contributed by atoms with van der Waals surface area (Å²) >= 11 is 3.20. The molecule has 0 radical (unpaired) electrons. The zero-order valence-corrected chi connectivity index (χ0v) is 17.9. The number of ether oxygens (including phenoxy) is 1. The van der Waals surface area contributed by atoms with Gasteiger partial charge in [-0.15, -0.1) is 21.5 Å². The quantitative estimate of drug-likeness (QED) is 0.349. The fourth-order valence-corrected chi connectivity index (χ4v) is 5.32. The molecule has 30 heavy (non-hydrogen) atoms. The number of hydrogen-bond acceptors (Lipinski definition) is 8. The average molecular weight is 438 g/mol. The van der Waals surface area contributed by atoms with Crippen molar-refractivity contribution in [3.63, 3.8) is 0 Å². The third kappa shape index (κ3) is 3.44. The number of esters is 1. The Hall–Kier alpha value is -2.91. The summed E-state index contributed by atoms with van der Waals surface area (Å²) in [4.78, 5) is 17.9. The van der Waals surface area contributed by atoms with E-state index in [2.05, 4.69) is 19.7 Å². The minimum absolute atomic E-state index is 0.331. The lowest BCUT2D eigenvalue weighted by Gasteiger charge is -2.08. The predicted octanol–water partition coefficient (Wildman–Crippen LogP) is 4.55. The summed E-state index contributed by atoms with van der Waals surface area (Å²) in [7, 11) is 1.38. The van der Waals surface area contributed by atoms with Crippen LogP contribution in [-0.4, -0.2) is 32.8 Å². The highest BCUT2D eigenvalue weighted by atomic mass is 32.2. The van der Waals surface area contributed by atoms with Crippen LogP contribution in [-0.2, 0) is 10.5 Å². The molecule has 1 aromatic carbocycles. The molecule has 2 N–H and O–H groups in total. The maximum Gasteiger partial charge on any atom is 0.337 e. The van der Waals surface area contributed by atoms with Gasteiger partial charge in [0.1, 0.15) is 4.83 Å². The molecule has 1 aliphatic rings. The summed E-state index contributed by atoms with van der Waals surface area (Å²) in [5, 5.41) is 10.8. The number of carbonyl (C=O) groups is 1. The van der Waals surface area contributed by atoms with Gasteiger partial charge in [0.05, 0.1) is 23.2 Å². The van der Waals surface area contributed by atoms with Crippen LogP contribution in [0.3, 0.4) is 0 Å². The second-order valence-corrected chi connectivity index (χ2v) is 9.03. The van der Waals surface area contributed by atoms with Crippen molar-refractivity contribution < 1.29 is 9.53 Å². The molecule has 7 nitrogen and oxygen atoms in total. The van der Waals surface area contributed by atoms with Gasteiger partial charge in [0.15, 0.2) is 11.0 Å². The SMILES string of the molecule is COC(=O)c1ccc(CSc2nnc(-c3sc4ncccc4c3N)n2C2CC2)cc1. The van der Waals surface area contributed by atoms with E-state index in [0.29, 0.717) is 17.3 Å². The second-order valence-electron chi connectivity index (χ2n) is 7.09. The number of fused-ring (bicyclic) bond motifs is 1. The number of carbonyl (C=O) groups excluding carboxylic acids is 1. The highest BCUT2D eigenvalue weighted by Gasteiger charge is 2.31. The number of thioether (sulfide) groups is 1. The van der Waals surface area contributed by atoms with Crippen LogP contribution in [0.2, 0.25) is 0 Å². The van der Waals surface area contributed by atoms with Crippen molar-refractivity contribution in [1.29, 1.82) is 0 Å². The Morgan fingerprint density at radius 3 is 2.77 bits per heavy atom. The van der Waals surface area contributed by atoms with Crippen molar-refractivity contribution in [3.8, 4) is 10.7 Å². The van der Waals surface area contributed by atoms with E-state index in [0.717, 1.165) is 50.2 Å². The van der Waals surface area contributed by atoms with Gasteiger partial charge in [-0.2, -0.15) is 0 Å². The molecule has 0 saturated heterocycles. The van der Waals surface area contributed by atoms with Gasteiger partial charge in [-0.3, -0.25) is 4.57 Å². The molecule has 3 heterocycles. The molecule has 0 bridgehead atoms. The Labute approximate surface area is 181 Å². The van der Waals surface area contributed by atoms with Gasteiger partial charge < -0.3 is 10.5 Å². The third-order valence-corrected chi connectivity index (χ3v) is 7.17. The highest BCUT2D eigenvalue weighted by molar-refractivity contribution is 7.98. The van der Waals surface area contributed by atoms with E-state index >= 15 is 0 Å². The van der Waals surface area contributed by atoms with E-state index in [4.69, 9.17) is 10.5 Å². The van der Waals surface area contributed by atoms with Crippen LogP contribution in [0.15, 0.2) is 47.8 Å². The van der Waals surface area contributed by atoms with Gasteiger partial charge in [0.2, 0.25) is 0 Å². The number of rotatable bonds is 6. The molecule has 0 unspecified atom stereocenters. The Balaban J connectivity index is 1.42. The van der Waals surface area contributed by atoms with Gasteiger partial charge in [-0.1, -0.05) is 23.9 Å². The Morgan fingerprint density at radius 1 is 1.27 bits per heavy atom. The standard InChI is InChI=1S/C21H19N5O2S2/c1-28-20(27)13-6-4-12(5-7-13)11-29-21-25-24-18(26(21)14-8-9-14)17-16(22)15-3-2-10-23-19(15)30-17/h2-7,10,14H,8-9,11,22H2,1H3. The molecule has 152 valence electrons. The molecule has 3 aromatic heterocycles. The van der Waals surface area contributed by atoms with Crippen molar-refractivity contribution in [3.05, 3.63) is 53.7 Å². The van der Waals surface area contributed by atoms with Crippen LogP contribution in [0.1, 0.15) is 34.8 Å². The summed E-state index contributed by atoms with van der Waals surface area (Å²) in [6, 6.07) is 11.7. The number of aromatic nitrogens is 4. The third-order valence-electron chi connectivity index (χ3n) is 5.03. The predicted molar refractivity (Wildman–Crippen MR) is 119 cm³/mol. The zero-order chi connectivity index (χ0) is 20.7. The number of nitrogens with two attached hydrogens (primary N) is 1. The normalized spacial score (nSPS) is 13.6. The summed E-state index contributed by atoms with van der Waals surface area (Å²) in [6.45, 7) is 0. The van der Waals surface area contributed by atoms with Crippen molar-refractivity contribution in [2.24, 2.45) is 0 Å². The number of pyridine rings is 1. The van der Waals surface area contributed by atoms with Crippen molar-refractivity contribution in [1.82, 2.24) is 19.7 Å². The maximum atomic E-state index is 11.6. The van der Waals surface area contributed by atoms with Crippen LogP contribution in [0.5, 0.6) is 0 Å². The lowest BCUT2D eigenvalue weighted by atomic mass is 10.1. The number of methoxy groups -OCH3 is 1. The van der Waals surface area contributed by atoms with Crippen LogP contribution < -0.4 is 5.73 Å². The molecule has 0 amide bonds. The van der Waals surface area contributed by atoms with E-state index < -0.39 is 0 Å². The molecule has 5 rings (SSSR count). The molecule has 0 aliphatic heterocycles. The number of anilines is 1. The topological polar surface area (TPSA) is 95.9 Å². The second kappa shape index (κ2) is 7.73. The summed E-state index contributed by atoms with van der Waals surface area (Å²) in [5.74, 6) is 1.22. The minimum atomic E-state index is -0.331. The van der Waals surface area contributed by atoms with Gasteiger partial charge >= 0.3 is 5.97 Å². The first-order valence-corrected chi connectivity index (χ1v) is 11.3. The van der Waals surface area contributed by atoms with Crippen molar-refractivity contribution in [2.75, 3.05) is 12.8 Å². The van der Waals surface area contributed by atoms with E-state index in [1.807, 2.05) is 24.3 Å². The zero-order valence-electron chi connectivity index (χ0n) is 16.2. The van der Waals surface area contributed by atoms with E-state index in [1.165, 1.54) is 7.11 Å². The molecule has 0 spiro atoms. The highest BCUT2D eigenvalue weighted by Crippen LogP contribution is 2.45. The Kier molecular flexibility index (Phi) is 4.92. The molecule has 1 aliphatic carbocycles. The molecular formula is C21H19N5O2S2. The van der Waals surface area contributed by atoms with E-state index in [-0.39, 0.29) is 5.97 Å². The first-order chi connectivity index (χ1) is 14.7. The van der Waals surface area contributed by atoms with Crippen molar-refractivity contribution >= 4 is 45.0 Å². The average Bonchev–Trinajstić information content (AvgIpc) is 3.45. The van der Waals surface area contributed by atoms with Crippen molar-refractivity contribution in [2.45, 2.75) is 29.8 Å². The Morgan fingerprint density at radius 2 is 2.07 bits per heavy atom. The van der Waals surface area contributed by atoms with Crippen LogP contribution in [0.4, 0.5) is 5.69 Å². The van der Waals surface area contributed by atoms with Gasteiger partial charge in [0, 0.05) is 23.4 Å². The first kappa shape index (κ1) is 19.1. The molecule has 1 saturated carbocycles. The first-order valence-electron chi connectivity index (χ1n) is 9.54. The number of hydrogen-bond donors (Lipinski definition) is 1. The largest absolute Gasteiger partial charge is 0.465 e. The summed E-state index contributed by atoms with van der Waals surface area (Å²) in [5.41, 5.74) is 8.79.